The first-order valence-electron chi connectivity index (χ1n) is 7.37. The van der Waals surface area contributed by atoms with E-state index in [0.717, 1.165) is 11.1 Å². The molecule has 0 aliphatic heterocycles. The van der Waals surface area contributed by atoms with Crippen molar-refractivity contribution in [2.45, 2.75) is 26.4 Å². The average molecular weight is 347 g/mol. The molecule has 0 bridgehead atoms. The van der Waals surface area contributed by atoms with Crippen molar-refractivity contribution in [2.24, 2.45) is 5.16 Å². The Morgan fingerprint density at radius 3 is 2.50 bits per heavy atom. The van der Waals surface area contributed by atoms with E-state index in [1.807, 2.05) is 24.3 Å². The minimum Gasteiger partial charge on any atom is -0.438 e. The maximum Gasteiger partial charge on any atom is 0.412 e. The summed E-state index contributed by atoms with van der Waals surface area (Å²) < 4.78 is 5.54. The Balaban J connectivity index is 2.12. The molecule has 0 fully saturated rings. The van der Waals surface area contributed by atoms with E-state index in [2.05, 4.69) is 10.5 Å². The molecule has 0 spiro atoms. The predicted octanol–water partition coefficient (Wildman–Crippen LogP) is 5.02. The highest BCUT2D eigenvalue weighted by molar-refractivity contribution is 6.30. The van der Waals surface area contributed by atoms with E-state index in [9.17, 15) is 4.79 Å². The van der Waals surface area contributed by atoms with Crippen molar-refractivity contribution < 1.29 is 14.7 Å². The van der Waals surface area contributed by atoms with Gasteiger partial charge < -0.3 is 9.94 Å². The van der Waals surface area contributed by atoms with Gasteiger partial charge in [0.1, 0.15) is 5.60 Å². The van der Waals surface area contributed by atoms with Crippen molar-refractivity contribution in [3.05, 3.63) is 64.7 Å². The Morgan fingerprint density at radius 1 is 1.21 bits per heavy atom. The Kier molecular flexibility index (Phi) is 5.46. The summed E-state index contributed by atoms with van der Waals surface area (Å²) in [6.45, 7) is 5.28. The lowest BCUT2D eigenvalue weighted by Gasteiger charge is -2.26. The van der Waals surface area contributed by atoms with Crippen LogP contribution in [0.15, 0.2) is 53.7 Å². The maximum atomic E-state index is 12.1. The second-order valence-electron chi connectivity index (χ2n) is 5.80. The van der Waals surface area contributed by atoms with Gasteiger partial charge >= 0.3 is 6.09 Å². The summed E-state index contributed by atoms with van der Waals surface area (Å²) in [5.74, 6) is 0. The number of hydrogen-bond acceptors (Lipinski definition) is 4. The molecule has 0 aliphatic carbocycles. The third-order valence-corrected chi connectivity index (χ3v) is 3.82. The molecule has 6 heteroatoms. The summed E-state index contributed by atoms with van der Waals surface area (Å²) in [6, 6.07) is 14.1. The number of halogens is 1. The normalized spacial score (nSPS) is 11.9. The van der Waals surface area contributed by atoms with Gasteiger partial charge in [0.15, 0.2) is 0 Å². The van der Waals surface area contributed by atoms with Crippen molar-refractivity contribution in [1.29, 1.82) is 0 Å². The van der Waals surface area contributed by atoms with Gasteiger partial charge in [-0.3, -0.25) is 5.32 Å². The first-order valence-corrected chi connectivity index (χ1v) is 7.75. The second kappa shape index (κ2) is 7.36. The van der Waals surface area contributed by atoms with Crippen molar-refractivity contribution >= 4 is 29.1 Å². The van der Waals surface area contributed by atoms with E-state index >= 15 is 0 Å². The molecule has 1 amide bonds. The highest BCUT2D eigenvalue weighted by Crippen LogP contribution is 2.26. The van der Waals surface area contributed by atoms with Crippen LogP contribution in [0.3, 0.4) is 0 Å². The molecular weight excluding hydrogens is 328 g/mol. The van der Waals surface area contributed by atoms with E-state index in [-0.39, 0.29) is 0 Å². The zero-order chi connectivity index (χ0) is 17.7. The molecule has 2 N–H and O–H groups in total. The van der Waals surface area contributed by atoms with E-state index in [4.69, 9.17) is 21.5 Å². The van der Waals surface area contributed by atoms with Gasteiger partial charge in [0, 0.05) is 10.7 Å². The van der Waals surface area contributed by atoms with Crippen LogP contribution in [0.25, 0.3) is 0 Å². The van der Waals surface area contributed by atoms with E-state index in [1.54, 1.807) is 45.0 Å². The minimum atomic E-state index is -0.859. The number of hydrogen-bond donors (Lipinski definition) is 2. The zero-order valence-electron chi connectivity index (χ0n) is 13.7. The number of oxime groups is 1. The molecule has 0 unspecified atom stereocenters. The van der Waals surface area contributed by atoms with E-state index in [1.165, 1.54) is 0 Å². The third kappa shape index (κ3) is 4.49. The van der Waals surface area contributed by atoms with E-state index in [0.29, 0.717) is 16.4 Å². The lowest BCUT2D eigenvalue weighted by Crippen LogP contribution is -2.28. The number of carbonyl (C=O) groups excluding carboxylic acids is 1. The molecule has 2 aromatic carbocycles. The number of nitrogens with one attached hydrogen (secondary N) is 1. The number of amides is 1. The molecule has 126 valence electrons. The molecule has 0 aliphatic rings. The van der Waals surface area contributed by atoms with Gasteiger partial charge in [0.05, 0.1) is 5.71 Å². The number of anilines is 1. The molecule has 0 atom stereocenters. The second-order valence-corrected chi connectivity index (χ2v) is 6.23. The van der Waals surface area contributed by atoms with Gasteiger partial charge in [-0.25, -0.2) is 4.79 Å². The molecular formula is C18H19ClN2O3. The van der Waals surface area contributed by atoms with Crippen molar-refractivity contribution in [2.75, 3.05) is 5.32 Å². The number of benzene rings is 2. The molecule has 2 aromatic rings. The van der Waals surface area contributed by atoms with Gasteiger partial charge in [-0.2, -0.15) is 0 Å². The standard InChI is InChI=1S/C18H19ClN2O3/c1-12(21-23)13-5-4-6-14(11-13)18(2,3)24-17(22)20-16-9-7-15(19)8-10-16/h4-11,23H,1-3H3,(H,20,22)/b21-12+. The molecule has 0 saturated carbocycles. The SMILES string of the molecule is C/C(=N\O)c1cccc(C(C)(C)OC(=O)Nc2ccc(Cl)cc2)c1. The molecule has 0 aromatic heterocycles. The smallest absolute Gasteiger partial charge is 0.412 e. The van der Waals surface area contributed by atoms with Gasteiger partial charge in [0.25, 0.3) is 0 Å². The minimum absolute atomic E-state index is 0.485. The summed E-state index contributed by atoms with van der Waals surface area (Å²) in [4.78, 5) is 12.1. The number of nitrogens with zero attached hydrogens (tertiary/aromatic N) is 1. The van der Waals surface area contributed by atoms with Crippen molar-refractivity contribution in [3.63, 3.8) is 0 Å². The Bertz CT molecular complexity index is 755. The highest BCUT2D eigenvalue weighted by Gasteiger charge is 2.26. The van der Waals surface area contributed by atoms with Crippen LogP contribution in [-0.2, 0) is 10.3 Å². The van der Waals surface area contributed by atoms with Gasteiger partial charge in [-0.1, -0.05) is 35.0 Å². The number of ether oxygens (including phenoxy) is 1. The number of rotatable bonds is 4. The number of carbonyl (C=O) groups is 1. The van der Waals surface area contributed by atoms with Crippen LogP contribution in [0.4, 0.5) is 10.5 Å². The van der Waals surface area contributed by atoms with Gasteiger partial charge in [-0.15, -0.1) is 0 Å². The highest BCUT2D eigenvalue weighted by atomic mass is 35.5. The lowest BCUT2D eigenvalue weighted by atomic mass is 9.95. The molecule has 0 saturated heterocycles. The van der Waals surface area contributed by atoms with Crippen LogP contribution < -0.4 is 5.32 Å². The molecule has 24 heavy (non-hydrogen) atoms. The van der Waals surface area contributed by atoms with Gasteiger partial charge in [-0.05, 0) is 62.2 Å². The molecule has 0 radical (unpaired) electrons. The summed E-state index contributed by atoms with van der Waals surface area (Å²) in [7, 11) is 0. The summed E-state index contributed by atoms with van der Waals surface area (Å²) in [5, 5.41) is 15.3. The summed E-state index contributed by atoms with van der Waals surface area (Å²) in [5.41, 5.74) is 1.76. The summed E-state index contributed by atoms with van der Waals surface area (Å²) in [6.07, 6.45) is -0.569. The third-order valence-electron chi connectivity index (χ3n) is 3.56. The summed E-state index contributed by atoms with van der Waals surface area (Å²) >= 11 is 5.82. The Morgan fingerprint density at radius 2 is 1.88 bits per heavy atom. The van der Waals surface area contributed by atoms with Crippen LogP contribution in [0.1, 0.15) is 31.9 Å². The predicted molar refractivity (Wildman–Crippen MR) is 95.0 cm³/mol. The largest absolute Gasteiger partial charge is 0.438 e. The Labute approximate surface area is 145 Å². The first kappa shape index (κ1) is 17.8. The average Bonchev–Trinajstić information content (AvgIpc) is 2.56. The fourth-order valence-corrected chi connectivity index (χ4v) is 2.27. The Hall–Kier alpha value is -2.53. The van der Waals surface area contributed by atoms with E-state index < -0.39 is 11.7 Å². The van der Waals surface area contributed by atoms with Crippen LogP contribution >= 0.6 is 11.6 Å². The molecule has 5 nitrogen and oxygen atoms in total. The fourth-order valence-electron chi connectivity index (χ4n) is 2.14. The topological polar surface area (TPSA) is 70.9 Å². The zero-order valence-corrected chi connectivity index (χ0v) is 14.5. The maximum absolute atomic E-state index is 12.1. The monoisotopic (exact) mass is 346 g/mol. The molecule has 2 rings (SSSR count). The van der Waals surface area contributed by atoms with Crippen LogP contribution in [0, 0.1) is 0 Å². The first-order chi connectivity index (χ1) is 11.3. The van der Waals surface area contributed by atoms with Crippen LogP contribution in [0.2, 0.25) is 5.02 Å². The van der Waals surface area contributed by atoms with Crippen LogP contribution in [-0.4, -0.2) is 17.0 Å². The molecule has 0 heterocycles. The van der Waals surface area contributed by atoms with Crippen molar-refractivity contribution in [3.8, 4) is 0 Å². The quantitative estimate of drug-likeness (QED) is 0.463. The van der Waals surface area contributed by atoms with Crippen LogP contribution in [0.5, 0.6) is 0 Å². The fraction of sp³-hybridized carbons (Fsp3) is 0.222. The lowest BCUT2D eigenvalue weighted by molar-refractivity contribution is 0.0466. The van der Waals surface area contributed by atoms with Crippen molar-refractivity contribution in [1.82, 2.24) is 0 Å². The van der Waals surface area contributed by atoms with Gasteiger partial charge in [0.2, 0.25) is 0 Å².